The number of fused-ring (bicyclic) bond motifs is 1. The number of primary amides is 1. The van der Waals surface area contributed by atoms with Gasteiger partial charge in [-0.1, -0.05) is 29.6 Å². The lowest BCUT2D eigenvalue weighted by Crippen LogP contribution is -2.36. The number of hydrogen-bond acceptors (Lipinski definition) is 4. The number of nitrogens with zero attached hydrogens (tertiary/aromatic N) is 1. The van der Waals surface area contributed by atoms with Crippen LogP contribution in [0, 0.1) is 5.41 Å². The van der Waals surface area contributed by atoms with Crippen molar-refractivity contribution in [1.29, 1.82) is 0 Å². The van der Waals surface area contributed by atoms with E-state index in [0.717, 1.165) is 42.3 Å². The maximum absolute atomic E-state index is 12.0. The van der Waals surface area contributed by atoms with Gasteiger partial charge in [0.15, 0.2) is 0 Å². The third-order valence-corrected chi connectivity index (χ3v) is 5.50. The second kappa shape index (κ2) is 6.68. The summed E-state index contributed by atoms with van der Waals surface area (Å²) in [7, 11) is 0. The molecule has 6 nitrogen and oxygen atoms in total. The molecule has 1 fully saturated rings. The molecule has 0 unspecified atom stereocenters. The zero-order chi connectivity index (χ0) is 18.1. The van der Waals surface area contributed by atoms with Crippen LogP contribution in [-0.2, 0) is 17.8 Å². The van der Waals surface area contributed by atoms with Gasteiger partial charge in [0.2, 0.25) is 5.91 Å². The molecule has 1 aliphatic rings. The molecule has 1 amide bonds. The highest BCUT2D eigenvalue weighted by Gasteiger charge is 2.39. The van der Waals surface area contributed by atoms with Crippen molar-refractivity contribution >= 4 is 28.4 Å². The first kappa shape index (κ1) is 17.0. The number of halogens is 1. The Morgan fingerprint density at radius 1 is 1.35 bits per heavy atom. The van der Waals surface area contributed by atoms with Crippen molar-refractivity contribution in [2.45, 2.75) is 38.7 Å². The van der Waals surface area contributed by atoms with Crippen LogP contribution in [0.15, 0.2) is 35.1 Å². The lowest BCUT2D eigenvalue weighted by atomic mass is 9.81. The van der Waals surface area contributed by atoms with Crippen LogP contribution < -0.4 is 10.5 Å². The van der Waals surface area contributed by atoms with Crippen LogP contribution in [0.4, 0.5) is 0 Å². The zero-order valence-electron chi connectivity index (χ0n) is 14.3. The smallest absolute Gasteiger partial charge is 0.224 e. The van der Waals surface area contributed by atoms with E-state index >= 15 is 0 Å². The predicted molar refractivity (Wildman–Crippen MR) is 97.9 cm³/mol. The van der Waals surface area contributed by atoms with Gasteiger partial charge >= 0.3 is 0 Å². The highest BCUT2D eigenvalue weighted by atomic mass is 35.5. The van der Waals surface area contributed by atoms with Gasteiger partial charge in [-0.2, -0.15) is 0 Å². The number of benzene rings is 1. The number of aromatic amines is 1. The van der Waals surface area contributed by atoms with Crippen molar-refractivity contribution in [3.05, 3.63) is 46.9 Å². The van der Waals surface area contributed by atoms with Gasteiger partial charge in [-0.25, -0.2) is 0 Å². The monoisotopic (exact) mass is 373 g/mol. The van der Waals surface area contributed by atoms with Crippen molar-refractivity contribution < 1.29 is 14.1 Å². The summed E-state index contributed by atoms with van der Waals surface area (Å²) in [6, 6.07) is 7.50. The number of rotatable bonds is 6. The maximum Gasteiger partial charge on any atom is 0.224 e. The van der Waals surface area contributed by atoms with E-state index in [2.05, 4.69) is 10.1 Å². The van der Waals surface area contributed by atoms with Crippen molar-refractivity contribution in [3.8, 4) is 5.75 Å². The molecule has 0 aliphatic heterocycles. The van der Waals surface area contributed by atoms with Crippen LogP contribution in [0.1, 0.15) is 37.1 Å². The molecule has 0 saturated heterocycles. The molecule has 0 spiro atoms. The van der Waals surface area contributed by atoms with Crippen molar-refractivity contribution in [3.63, 3.8) is 0 Å². The number of nitrogens with two attached hydrogens (primary N) is 1. The Morgan fingerprint density at radius 2 is 2.15 bits per heavy atom. The predicted octanol–water partition coefficient (Wildman–Crippen LogP) is 3.98. The Hall–Kier alpha value is -2.47. The molecule has 2 heterocycles. The van der Waals surface area contributed by atoms with Crippen molar-refractivity contribution in [2.75, 3.05) is 0 Å². The molecule has 26 heavy (non-hydrogen) atoms. The third kappa shape index (κ3) is 3.17. The highest BCUT2D eigenvalue weighted by Crippen LogP contribution is 2.41. The second-order valence-corrected chi connectivity index (χ2v) is 7.38. The molecule has 7 heteroatoms. The summed E-state index contributed by atoms with van der Waals surface area (Å²) in [5, 5.41) is 5.32. The molecule has 1 aliphatic carbocycles. The summed E-state index contributed by atoms with van der Waals surface area (Å²) in [4.78, 5) is 15.4. The number of nitrogens with one attached hydrogen (secondary N) is 1. The summed E-state index contributed by atoms with van der Waals surface area (Å²) < 4.78 is 10.5. The minimum absolute atomic E-state index is 0.205. The van der Waals surface area contributed by atoms with Gasteiger partial charge in [-0.3, -0.25) is 4.79 Å². The number of ether oxygens (including phenoxy) is 1. The minimum Gasteiger partial charge on any atom is -0.486 e. The minimum atomic E-state index is -0.434. The van der Waals surface area contributed by atoms with E-state index in [1.165, 1.54) is 6.26 Å². The van der Waals surface area contributed by atoms with E-state index in [4.69, 9.17) is 26.6 Å². The topological polar surface area (TPSA) is 94.1 Å². The molecular weight excluding hydrogens is 354 g/mol. The summed E-state index contributed by atoms with van der Waals surface area (Å²) in [6.07, 6.45) is 5.93. The standard InChI is InChI=1S/C19H20ClN3O3/c20-15-8-12-7-14(10-19(18(21)24)4-1-2-5-19)22-16(12)9-17(15)25-11-13-3-6-26-23-13/h3,6-9,22H,1-2,4-5,10-11H2,(H2,21,24). The van der Waals surface area contributed by atoms with Gasteiger partial charge in [0, 0.05) is 35.2 Å². The Labute approximate surface area is 155 Å². The van der Waals surface area contributed by atoms with Gasteiger partial charge in [0.1, 0.15) is 24.3 Å². The molecule has 3 aromatic rings. The van der Waals surface area contributed by atoms with E-state index in [0.29, 0.717) is 22.9 Å². The first-order valence-corrected chi connectivity index (χ1v) is 9.07. The van der Waals surface area contributed by atoms with Crippen LogP contribution in [0.5, 0.6) is 5.75 Å². The van der Waals surface area contributed by atoms with Crippen LogP contribution >= 0.6 is 11.6 Å². The molecule has 0 atom stereocenters. The van der Waals surface area contributed by atoms with Crippen LogP contribution in [-0.4, -0.2) is 16.0 Å². The fraction of sp³-hybridized carbons (Fsp3) is 0.368. The summed E-state index contributed by atoms with van der Waals surface area (Å²) in [5.74, 6) is 0.365. The normalized spacial score (nSPS) is 16.2. The molecule has 2 aromatic heterocycles. The number of aromatic nitrogens is 2. The van der Waals surface area contributed by atoms with Gasteiger partial charge < -0.3 is 20.0 Å². The van der Waals surface area contributed by atoms with E-state index < -0.39 is 5.41 Å². The maximum atomic E-state index is 12.0. The number of H-pyrrole nitrogens is 1. The number of hydrogen-bond donors (Lipinski definition) is 2. The Balaban J connectivity index is 1.58. The largest absolute Gasteiger partial charge is 0.486 e. The average molecular weight is 374 g/mol. The fourth-order valence-electron chi connectivity index (χ4n) is 3.79. The van der Waals surface area contributed by atoms with Gasteiger partial charge in [0.25, 0.3) is 0 Å². The average Bonchev–Trinajstić information content (AvgIpc) is 3.33. The van der Waals surface area contributed by atoms with E-state index in [-0.39, 0.29) is 12.5 Å². The first-order chi connectivity index (χ1) is 12.6. The molecule has 0 radical (unpaired) electrons. The van der Waals surface area contributed by atoms with E-state index in [1.54, 1.807) is 6.07 Å². The number of amides is 1. The first-order valence-electron chi connectivity index (χ1n) is 8.69. The number of carbonyl (C=O) groups excluding carboxylic acids is 1. The summed E-state index contributed by atoms with van der Waals surface area (Å²) in [5.41, 5.74) is 7.87. The lowest BCUT2D eigenvalue weighted by molar-refractivity contribution is -0.127. The Bertz CT molecular complexity index is 927. The van der Waals surface area contributed by atoms with Crippen LogP contribution in [0.25, 0.3) is 10.9 Å². The van der Waals surface area contributed by atoms with E-state index in [9.17, 15) is 4.79 Å². The van der Waals surface area contributed by atoms with E-state index in [1.807, 2.05) is 18.2 Å². The molecule has 1 saturated carbocycles. The quantitative estimate of drug-likeness (QED) is 0.683. The molecule has 1 aromatic carbocycles. The second-order valence-electron chi connectivity index (χ2n) is 6.97. The lowest BCUT2D eigenvalue weighted by Gasteiger charge is -2.24. The molecular formula is C19H20ClN3O3. The Kier molecular flexibility index (Phi) is 4.36. The highest BCUT2D eigenvalue weighted by molar-refractivity contribution is 6.32. The summed E-state index contributed by atoms with van der Waals surface area (Å²) in [6.45, 7) is 0.278. The van der Waals surface area contributed by atoms with Crippen LogP contribution in [0.2, 0.25) is 5.02 Å². The fourth-order valence-corrected chi connectivity index (χ4v) is 4.02. The van der Waals surface area contributed by atoms with Crippen molar-refractivity contribution in [2.24, 2.45) is 11.1 Å². The zero-order valence-corrected chi connectivity index (χ0v) is 15.0. The van der Waals surface area contributed by atoms with Crippen LogP contribution in [0.3, 0.4) is 0 Å². The third-order valence-electron chi connectivity index (χ3n) is 5.21. The molecule has 4 rings (SSSR count). The molecule has 0 bridgehead atoms. The molecule has 3 N–H and O–H groups in total. The molecule has 136 valence electrons. The van der Waals surface area contributed by atoms with Gasteiger partial charge in [-0.15, -0.1) is 0 Å². The number of carbonyl (C=O) groups is 1. The SMILES string of the molecule is NC(=O)C1(Cc2cc3cc(Cl)c(OCc4ccon4)cc3[nH]2)CCCC1. The summed E-state index contributed by atoms with van der Waals surface area (Å²) >= 11 is 6.34. The Morgan fingerprint density at radius 3 is 2.85 bits per heavy atom. The van der Waals surface area contributed by atoms with Crippen molar-refractivity contribution in [1.82, 2.24) is 10.1 Å². The van der Waals surface area contributed by atoms with Gasteiger partial charge in [0.05, 0.1) is 10.4 Å². The van der Waals surface area contributed by atoms with Gasteiger partial charge in [-0.05, 0) is 25.0 Å².